The SMILES string of the molecule is CCOc1cc2c(cc1NS(=O)(=O)c1cnc3c(C#N)cnn3c1)OC(C)C2. The van der Waals surface area contributed by atoms with E-state index in [0.717, 1.165) is 12.0 Å². The number of benzene rings is 1. The largest absolute Gasteiger partial charge is 0.492 e. The molecular formula is C18H17N5O4S. The fraction of sp³-hybridized carbons (Fsp3) is 0.278. The first kappa shape index (κ1) is 18.1. The summed E-state index contributed by atoms with van der Waals surface area (Å²) in [5.74, 6) is 1.07. The van der Waals surface area contributed by atoms with Gasteiger partial charge in [-0.05, 0) is 19.9 Å². The van der Waals surface area contributed by atoms with Crippen molar-refractivity contribution in [3.63, 3.8) is 0 Å². The number of hydrogen-bond donors (Lipinski definition) is 1. The number of aromatic nitrogens is 3. The van der Waals surface area contributed by atoms with Crippen LogP contribution in [0.1, 0.15) is 25.0 Å². The minimum absolute atomic E-state index is 0.0251. The summed E-state index contributed by atoms with van der Waals surface area (Å²) in [4.78, 5) is 3.96. The lowest BCUT2D eigenvalue weighted by atomic mass is 10.1. The molecule has 9 nitrogen and oxygen atoms in total. The van der Waals surface area contributed by atoms with Gasteiger partial charge < -0.3 is 9.47 Å². The van der Waals surface area contributed by atoms with Gasteiger partial charge in [-0.25, -0.2) is 17.9 Å². The lowest BCUT2D eigenvalue weighted by Gasteiger charge is -2.14. The molecule has 0 aliphatic carbocycles. The van der Waals surface area contributed by atoms with Crippen LogP contribution in [0.4, 0.5) is 5.69 Å². The molecule has 3 heterocycles. The maximum absolute atomic E-state index is 12.9. The van der Waals surface area contributed by atoms with Crippen LogP contribution in [0.3, 0.4) is 0 Å². The van der Waals surface area contributed by atoms with Crippen molar-refractivity contribution in [2.45, 2.75) is 31.3 Å². The normalized spacial score (nSPS) is 15.7. The van der Waals surface area contributed by atoms with E-state index >= 15 is 0 Å². The summed E-state index contributed by atoms with van der Waals surface area (Å²) in [5, 5.41) is 13.0. The molecule has 1 atom stereocenters. The molecule has 0 fully saturated rings. The Bertz CT molecular complexity index is 1210. The molecule has 0 amide bonds. The second-order valence-electron chi connectivity index (χ2n) is 6.36. The van der Waals surface area contributed by atoms with Gasteiger partial charge in [-0.3, -0.25) is 4.72 Å². The van der Waals surface area contributed by atoms with E-state index in [9.17, 15) is 8.42 Å². The highest BCUT2D eigenvalue weighted by Crippen LogP contribution is 2.38. The van der Waals surface area contributed by atoms with Crippen molar-refractivity contribution in [2.24, 2.45) is 0 Å². The molecule has 1 aliphatic heterocycles. The van der Waals surface area contributed by atoms with E-state index in [4.69, 9.17) is 14.7 Å². The highest BCUT2D eigenvalue weighted by Gasteiger charge is 2.25. The van der Waals surface area contributed by atoms with E-state index in [0.29, 0.717) is 18.1 Å². The van der Waals surface area contributed by atoms with E-state index in [1.165, 1.54) is 23.1 Å². The summed E-state index contributed by atoms with van der Waals surface area (Å²) in [6, 6.07) is 5.39. The predicted octanol–water partition coefficient (Wildman–Crippen LogP) is 2.12. The molecule has 144 valence electrons. The Morgan fingerprint density at radius 2 is 2.25 bits per heavy atom. The van der Waals surface area contributed by atoms with Crippen molar-refractivity contribution in [3.05, 3.63) is 41.9 Å². The Morgan fingerprint density at radius 3 is 3.00 bits per heavy atom. The maximum atomic E-state index is 12.9. The van der Waals surface area contributed by atoms with Crippen LogP contribution in [0.5, 0.6) is 11.5 Å². The highest BCUT2D eigenvalue weighted by atomic mass is 32.2. The van der Waals surface area contributed by atoms with Crippen LogP contribution in [0.15, 0.2) is 35.6 Å². The van der Waals surface area contributed by atoms with Gasteiger partial charge in [-0.15, -0.1) is 0 Å². The van der Waals surface area contributed by atoms with Gasteiger partial charge in [0.05, 0.1) is 30.9 Å². The number of nitrogens with zero attached hydrogens (tertiary/aromatic N) is 4. The van der Waals surface area contributed by atoms with E-state index in [1.54, 1.807) is 12.1 Å². The van der Waals surface area contributed by atoms with E-state index in [1.807, 2.05) is 19.9 Å². The summed E-state index contributed by atoms with van der Waals surface area (Å²) < 4.78 is 40.9. The van der Waals surface area contributed by atoms with Crippen molar-refractivity contribution in [1.82, 2.24) is 14.6 Å². The molecule has 28 heavy (non-hydrogen) atoms. The lowest BCUT2D eigenvalue weighted by Crippen LogP contribution is -2.15. The maximum Gasteiger partial charge on any atom is 0.265 e. The average molecular weight is 399 g/mol. The van der Waals surface area contributed by atoms with Gasteiger partial charge in [0.2, 0.25) is 0 Å². The van der Waals surface area contributed by atoms with Gasteiger partial charge in [-0.2, -0.15) is 10.4 Å². The molecule has 0 saturated carbocycles. The lowest BCUT2D eigenvalue weighted by molar-refractivity contribution is 0.254. The molecule has 1 aromatic carbocycles. The third kappa shape index (κ3) is 3.10. The van der Waals surface area contributed by atoms with Crippen LogP contribution >= 0.6 is 0 Å². The number of sulfonamides is 1. The second-order valence-corrected chi connectivity index (χ2v) is 8.04. The quantitative estimate of drug-likeness (QED) is 0.698. The molecule has 1 N–H and O–H groups in total. The fourth-order valence-corrected chi connectivity index (χ4v) is 4.07. The number of nitrogens with one attached hydrogen (secondary N) is 1. The summed E-state index contributed by atoms with van der Waals surface area (Å²) in [6.07, 6.45) is 4.59. The topological polar surface area (TPSA) is 119 Å². The first-order chi connectivity index (χ1) is 13.4. The van der Waals surface area contributed by atoms with E-state index in [2.05, 4.69) is 14.8 Å². The fourth-order valence-electron chi connectivity index (χ4n) is 3.07. The van der Waals surface area contributed by atoms with Crippen LogP contribution in [0.25, 0.3) is 5.65 Å². The average Bonchev–Trinajstić information content (AvgIpc) is 3.23. The van der Waals surface area contributed by atoms with Crippen molar-refractivity contribution < 1.29 is 17.9 Å². The van der Waals surface area contributed by atoms with Crippen molar-refractivity contribution in [2.75, 3.05) is 11.3 Å². The summed E-state index contributed by atoms with van der Waals surface area (Å²) >= 11 is 0. The minimum atomic E-state index is -3.97. The summed E-state index contributed by atoms with van der Waals surface area (Å²) in [5.41, 5.74) is 1.81. The van der Waals surface area contributed by atoms with Gasteiger partial charge in [0.25, 0.3) is 10.0 Å². The predicted molar refractivity (Wildman–Crippen MR) is 99.9 cm³/mol. The van der Waals surface area contributed by atoms with Gasteiger partial charge in [0, 0.05) is 18.1 Å². The second kappa shape index (κ2) is 6.69. The van der Waals surface area contributed by atoms with Gasteiger partial charge in [-0.1, -0.05) is 0 Å². The van der Waals surface area contributed by atoms with E-state index in [-0.39, 0.29) is 27.9 Å². The van der Waals surface area contributed by atoms with Crippen molar-refractivity contribution in [1.29, 1.82) is 5.26 Å². The zero-order valence-corrected chi connectivity index (χ0v) is 16.0. The molecule has 1 aliphatic rings. The molecular weight excluding hydrogens is 382 g/mol. The van der Waals surface area contributed by atoms with Crippen LogP contribution in [-0.4, -0.2) is 35.7 Å². The van der Waals surface area contributed by atoms with Gasteiger partial charge >= 0.3 is 0 Å². The molecule has 0 saturated heterocycles. The van der Waals surface area contributed by atoms with Crippen molar-refractivity contribution >= 4 is 21.4 Å². The Morgan fingerprint density at radius 1 is 1.43 bits per heavy atom. The molecule has 0 bridgehead atoms. The standard InChI is InChI=1S/C18H17N5O4S/c1-3-26-17-5-12-4-11(2)27-16(12)6-15(17)22-28(24,25)14-9-20-18-13(7-19)8-21-23(18)10-14/h5-6,8-11,22H,3-4H2,1-2H3. The number of ether oxygens (including phenoxy) is 2. The molecule has 1 unspecified atom stereocenters. The number of fused-ring (bicyclic) bond motifs is 2. The molecule has 2 aromatic heterocycles. The van der Waals surface area contributed by atoms with E-state index < -0.39 is 10.0 Å². The smallest absolute Gasteiger partial charge is 0.265 e. The molecule has 0 spiro atoms. The van der Waals surface area contributed by atoms with Crippen LogP contribution in [-0.2, 0) is 16.4 Å². The van der Waals surface area contributed by atoms with Crippen LogP contribution < -0.4 is 14.2 Å². The minimum Gasteiger partial charge on any atom is -0.492 e. The Balaban J connectivity index is 1.72. The first-order valence-electron chi connectivity index (χ1n) is 8.64. The number of nitriles is 1. The summed E-state index contributed by atoms with van der Waals surface area (Å²) in [7, 11) is -3.97. The van der Waals surface area contributed by atoms with Crippen LogP contribution in [0, 0.1) is 11.3 Å². The Hall–Kier alpha value is -3.32. The highest BCUT2D eigenvalue weighted by molar-refractivity contribution is 7.92. The molecule has 3 aromatic rings. The monoisotopic (exact) mass is 399 g/mol. The number of anilines is 1. The third-order valence-electron chi connectivity index (χ3n) is 4.31. The third-order valence-corrected chi connectivity index (χ3v) is 5.63. The van der Waals surface area contributed by atoms with Crippen molar-refractivity contribution in [3.8, 4) is 17.6 Å². The number of rotatable bonds is 5. The van der Waals surface area contributed by atoms with Crippen LogP contribution in [0.2, 0.25) is 0 Å². The molecule has 4 rings (SSSR count). The molecule has 0 radical (unpaired) electrons. The number of hydrogen-bond acceptors (Lipinski definition) is 7. The van der Waals surface area contributed by atoms with Gasteiger partial charge in [0.1, 0.15) is 34.1 Å². The zero-order valence-electron chi connectivity index (χ0n) is 15.2. The zero-order chi connectivity index (χ0) is 19.9. The first-order valence-corrected chi connectivity index (χ1v) is 10.1. The molecule has 10 heteroatoms. The van der Waals surface area contributed by atoms with Gasteiger partial charge in [0.15, 0.2) is 5.65 Å². The Labute approximate surface area is 161 Å². The Kier molecular flexibility index (Phi) is 4.31. The summed E-state index contributed by atoms with van der Waals surface area (Å²) in [6.45, 7) is 4.17.